The molecule has 0 unspecified atom stereocenters. The summed E-state index contributed by atoms with van der Waals surface area (Å²) in [7, 11) is -3.40. The average Bonchev–Trinajstić information content (AvgIpc) is 2.90. The minimum atomic E-state index is -3.40. The quantitative estimate of drug-likeness (QED) is 0.815. The third-order valence-electron chi connectivity index (χ3n) is 3.71. The van der Waals surface area contributed by atoms with Crippen molar-refractivity contribution in [2.75, 3.05) is 0 Å². The first-order chi connectivity index (χ1) is 10.3. The van der Waals surface area contributed by atoms with Crippen LogP contribution in [0.15, 0.2) is 22.7 Å². The molecule has 0 saturated carbocycles. The zero-order chi connectivity index (χ0) is 16.3. The number of aryl methyl sites for hydroxylation is 3. The Labute approximate surface area is 131 Å². The van der Waals surface area contributed by atoms with Crippen molar-refractivity contribution in [2.45, 2.75) is 51.5 Å². The number of benzene rings is 1. The lowest BCUT2D eigenvalue weighted by atomic mass is 10.1. The lowest BCUT2D eigenvalue weighted by Gasteiger charge is -2.11. The van der Waals surface area contributed by atoms with Gasteiger partial charge in [0.25, 0.3) is 0 Å². The predicted molar refractivity (Wildman–Crippen MR) is 85.2 cm³/mol. The largest absolute Gasteiger partial charge is 0.338 e. The molecule has 0 aliphatic heterocycles. The molecule has 0 N–H and O–H groups in total. The summed E-state index contributed by atoms with van der Waals surface area (Å²) >= 11 is 0. The zero-order valence-electron chi connectivity index (χ0n) is 13.5. The molecule has 6 heteroatoms. The van der Waals surface area contributed by atoms with Crippen molar-refractivity contribution in [3.63, 3.8) is 0 Å². The van der Waals surface area contributed by atoms with Gasteiger partial charge in [-0.1, -0.05) is 35.8 Å². The third-order valence-corrected chi connectivity index (χ3v) is 5.70. The Bertz CT molecular complexity index is 751. The van der Waals surface area contributed by atoms with Gasteiger partial charge in [0.2, 0.25) is 5.89 Å². The Hall–Kier alpha value is -1.69. The monoisotopic (exact) mass is 322 g/mol. The second-order valence-corrected chi connectivity index (χ2v) is 8.00. The fourth-order valence-electron chi connectivity index (χ4n) is 2.21. The Morgan fingerprint density at radius 2 is 2.00 bits per heavy atom. The van der Waals surface area contributed by atoms with E-state index >= 15 is 0 Å². The highest BCUT2D eigenvalue weighted by molar-refractivity contribution is 7.90. The predicted octanol–water partition coefficient (Wildman–Crippen LogP) is 3.31. The molecule has 1 heterocycles. The van der Waals surface area contributed by atoms with E-state index in [2.05, 4.69) is 10.1 Å². The molecule has 2 rings (SSSR count). The second-order valence-electron chi connectivity index (χ2n) is 5.68. The first-order valence-corrected chi connectivity index (χ1v) is 9.15. The fraction of sp³-hybridized carbons (Fsp3) is 0.500. The van der Waals surface area contributed by atoms with Crippen LogP contribution in [0.25, 0.3) is 0 Å². The van der Waals surface area contributed by atoms with Crippen molar-refractivity contribution in [1.29, 1.82) is 0 Å². The zero-order valence-corrected chi connectivity index (χ0v) is 14.3. The fourth-order valence-corrected chi connectivity index (χ4v) is 3.61. The lowest BCUT2D eigenvalue weighted by molar-refractivity contribution is 0.371. The highest BCUT2D eigenvalue weighted by atomic mass is 32.2. The van der Waals surface area contributed by atoms with Crippen molar-refractivity contribution in [3.05, 3.63) is 46.6 Å². The molecule has 1 aromatic heterocycles. The molecule has 0 spiro atoms. The molecule has 0 radical (unpaired) electrons. The van der Waals surface area contributed by atoms with Crippen molar-refractivity contribution in [1.82, 2.24) is 10.1 Å². The number of hydrogen-bond acceptors (Lipinski definition) is 5. The molecule has 0 fully saturated rings. The van der Waals surface area contributed by atoms with E-state index in [1.165, 1.54) is 0 Å². The van der Waals surface area contributed by atoms with Crippen LogP contribution in [0.2, 0.25) is 0 Å². The van der Waals surface area contributed by atoms with Gasteiger partial charge in [0.1, 0.15) is 5.25 Å². The maximum absolute atomic E-state index is 12.6. The summed E-state index contributed by atoms with van der Waals surface area (Å²) < 4.78 is 30.3. The van der Waals surface area contributed by atoms with E-state index in [1.807, 2.05) is 39.0 Å². The number of aromatic nitrogens is 2. The smallest absolute Gasteiger partial charge is 0.244 e. The van der Waals surface area contributed by atoms with Gasteiger partial charge >= 0.3 is 0 Å². The number of nitrogens with zero attached hydrogens (tertiary/aromatic N) is 2. The second kappa shape index (κ2) is 6.60. The lowest BCUT2D eigenvalue weighted by Crippen LogP contribution is -2.14. The topological polar surface area (TPSA) is 73.1 Å². The molecular weight excluding hydrogens is 300 g/mol. The highest BCUT2D eigenvalue weighted by Gasteiger charge is 2.28. The van der Waals surface area contributed by atoms with Crippen LogP contribution in [0.3, 0.4) is 0 Å². The summed E-state index contributed by atoms with van der Waals surface area (Å²) in [4.78, 5) is 4.19. The van der Waals surface area contributed by atoms with E-state index in [9.17, 15) is 8.42 Å². The van der Waals surface area contributed by atoms with Crippen LogP contribution in [0, 0.1) is 13.8 Å². The third kappa shape index (κ3) is 3.74. The van der Waals surface area contributed by atoms with Crippen molar-refractivity contribution in [3.8, 4) is 0 Å². The molecule has 0 aliphatic carbocycles. The minimum absolute atomic E-state index is 0.0207. The van der Waals surface area contributed by atoms with Crippen LogP contribution in [0.5, 0.6) is 0 Å². The van der Waals surface area contributed by atoms with Gasteiger partial charge in [0.15, 0.2) is 15.7 Å². The van der Waals surface area contributed by atoms with Crippen LogP contribution in [0.4, 0.5) is 0 Å². The first kappa shape index (κ1) is 16.7. The number of sulfone groups is 1. The van der Waals surface area contributed by atoms with Gasteiger partial charge in [0.05, 0.1) is 5.75 Å². The van der Waals surface area contributed by atoms with E-state index in [-0.39, 0.29) is 11.6 Å². The van der Waals surface area contributed by atoms with Crippen LogP contribution in [-0.4, -0.2) is 18.6 Å². The van der Waals surface area contributed by atoms with Gasteiger partial charge in [-0.2, -0.15) is 4.98 Å². The molecule has 120 valence electrons. The number of rotatable bonds is 6. The van der Waals surface area contributed by atoms with Crippen LogP contribution < -0.4 is 0 Å². The first-order valence-electron chi connectivity index (χ1n) is 7.43. The molecule has 0 amide bonds. The molecule has 0 bridgehead atoms. The van der Waals surface area contributed by atoms with Gasteiger partial charge in [-0.15, -0.1) is 0 Å². The van der Waals surface area contributed by atoms with Gasteiger partial charge in [0, 0.05) is 6.42 Å². The summed E-state index contributed by atoms with van der Waals surface area (Å²) in [6.07, 6.45) is 1.58. The van der Waals surface area contributed by atoms with Gasteiger partial charge in [-0.3, -0.25) is 0 Å². The van der Waals surface area contributed by atoms with Crippen molar-refractivity contribution in [2.24, 2.45) is 0 Å². The molecule has 0 saturated heterocycles. The maximum atomic E-state index is 12.6. The maximum Gasteiger partial charge on any atom is 0.244 e. The van der Waals surface area contributed by atoms with Crippen LogP contribution >= 0.6 is 0 Å². The summed E-state index contributed by atoms with van der Waals surface area (Å²) in [5.41, 5.74) is 2.84. The summed E-state index contributed by atoms with van der Waals surface area (Å²) in [5, 5.41) is 3.03. The van der Waals surface area contributed by atoms with Crippen LogP contribution in [0.1, 0.15) is 53.9 Å². The molecule has 1 atom stereocenters. The number of hydrogen-bond donors (Lipinski definition) is 0. The van der Waals surface area contributed by atoms with Gasteiger partial charge < -0.3 is 4.52 Å². The van der Waals surface area contributed by atoms with E-state index in [1.54, 1.807) is 6.92 Å². The van der Waals surface area contributed by atoms with Crippen LogP contribution in [-0.2, 0) is 22.0 Å². The summed E-state index contributed by atoms with van der Waals surface area (Å²) in [6.45, 7) is 7.48. The summed E-state index contributed by atoms with van der Waals surface area (Å²) in [5.74, 6) is 0.715. The standard InChI is InChI=1S/C16H22N2O3S/c1-5-6-15-17-16(21-18-15)13(4)22(19,20)10-14-9-11(2)7-8-12(14)3/h7-9,13H,5-6,10H2,1-4H3/t13-/m1/s1. The molecule has 5 nitrogen and oxygen atoms in total. The highest BCUT2D eigenvalue weighted by Crippen LogP contribution is 2.25. The van der Waals surface area contributed by atoms with Crippen molar-refractivity contribution < 1.29 is 12.9 Å². The SMILES string of the molecule is CCCc1noc([C@@H](C)S(=O)(=O)Cc2cc(C)ccc2C)n1. The van der Waals surface area contributed by atoms with Gasteiger partial charge in [-0.05, 0) is 38.3 Å². The molecule has 0 aliphatic rings. The minimum Gasteiger partial charge on any atom is -0.338 e. The molecule has 2 aromatic rings. The Kier molecular flexibility index (Phi) is 5.01. The van der Waals surface area contributed by atoms with E-state index in [0.717, 1.165) is 23.1 Å². The summed E-state index contributed by atoms with van der Waals surface area (Å²) in [6, 6.07) is 5.83. The van der Waals surface area contributed by atoms with E-state index < -0.39 is 15.1 Å². The molecule has 22 heavy (non-hydrogen) atoms. The normalized spacial score (nSPS) is 13.3. The average molecular weight is 322 g/mol. The molecular formula is C16H22N2O3S. The Morgan fingerprint density at radius 3 is 2.68 bits per heavy atom. The Morgan fingerprint density at radius 1 is 1.27 bits per heavy atom. The van der Waals surface area contributed by atoms with Crippen molar-refractivity contribution >= 4 is 9.84 Å². The van der Waals surface area contributed by atoms with E-state index in [4.69, 9.17) is 4.52 Å². The van der Waals surface area contributed by atoms with E-state index in [0.29, 0.717) is 12.2 Å². The molecule has 1 aromatic carbocycles. The Balaban J connectivity index is 2.23. The van der Waals surface area contributed by atoms with Gasteiger partial charge in [-0.25, -0.2) is 8.42 Å².